The molecule has 0 aliphatic heterocycles. The Morgan fingerprint density at radius 3 is 2.40 bits per heavy atom. The van der Waals surface area contributed by atoms with Crippen LogP contribution in [0.2, 0.25) is 0 Å². The van der Waals surface area contributed by atoms with Crippen LogP contribution in [-0.4, -0.2) is 23.6 Å². The van der Waals surface area contributed by atoms with Crippen molar-refractivity contribution < 1.29 is 19.1 Å². The van der Waals surface area contributed by atoms with Crippen LogP contribution >= 0.6 is 0 Å². The highest BCUT2D eigenvalue weighted by atomic mass is 16.6. The van der Waals surface area contributed by atoms with Gasteiger partial charge >= 0.3 is 5.97 Å². The Hall–Kier alpha value is -1.32. The number of carbonyl (C=O) groups is 2. The summed E-state index contributed by atoms with van der Waals surface area (Å²) in [5, 5.41) is 0. The number of esters is 1. The lowest BCUT2D eigenvalue weighted by Crippen LogP contribution is -2.36. The Morgan fingerprint density at radius 1 is 1.35 bits per heavy atom. The molecule has 0 bridgehead atoms. The van der Waals surface area contributed by atoms with E-state index in [1.54, 1.807) is 6.08 Å². The van der Waals surface area contributed by atoms with E-state index in [4.69, 9.17) is 9.47 Å². The molecule has 0 aromatic heterocycles. The third-order valence-electron chi connectivity index (χ3n) is 3.62. The van der Waals surface area contributed by atoms with Gasteiger partial charge in [-0.2, -0.15) is 0 Å². The first-order valence-electron chi connectivity index (χ1n) is 7.27. The van der Waals surface area contributed by atoms with Crippen LogP contribution in [0.1, 0.15) is 59.3 Å². The summed E-state index contributed by atoms with van der Waals surface area (Å²) in [4.78, 5) is 23.0. The summed E-state index contributed by atoms with van der Waals surface area (Å²) in [5.74, 6) is -0.539. The van der Waals surface area contributed by atoms with Gasteiger partial charge < -0.3 is 9.47 Å². The van der Waals surface area contributed by atoms with Gasteiger partial charge in [0.25, 0.3) is 6.47 Å². The summed E-state index contributed by atoms with van der Waals surface area (Å²) >= 11 is 0. The van der Waals surface area contributed by atoms with Crippen LogP contribution in [0.15, 0.2) is 12.7 Å². The first-order chi connectivity index (χ1) is 9.32. The van der Waals surface area contributed by atoms with Crippen molar-refractivity contribution in [3.63, 3.8) is 0 Å². The van der Waals surface area contributed by atoms with Crippen molar-refractivity contribution in [3.8, 4) is 0 Å². The zero-order valence-electron chi connectivity index (χ0n) is 12.8. The molecule has 0 heterocycles. The quantitative estimate of drug-likeness (QED) is 0.408. The van der Waals surface area contributed by atoms with Gasteiger partial charge in [-0.1, -0.05) is 6.08 Å². The van der Waals surface area contributed by atoms with Crippen LogP contribution in [0.3, 0.4) is 0 Å². The number of ether oxygens (including phenoxy) is 2. The monoisotopic (exact) mass is 282 g/mol. The van der Waals surface area contributed by atoms with Gasteiger partial charge in [-0.3, -0.25) is 9.59 Å². The van der Waals surface area contributed by atoms with E-state index < -0.39 is 11.2 Å². The average molecular weight is 282 g/mol. The summed E-state index contributed by atoms with van der Waals surface area (Å²) < 4.78 is 10.8. The normalized spacial score (nSPS) is 19.1. The van der Waals surface area contributed by atoms with Crippen LogP contribution in [0, 0.1) is 5.92 Å². The maximum absolute atomic E-state index is 12.3. The summed E-state index contributed by atoms with van der Waals surface area (Å²) in [7, 11) is 0. The van der Waals surface area contributed by atoms with Gasteiger partial charge in [-0.15, -0.1) is 6.58 Å². The van der Waals surface area contributed by atoms with Crippen molar-refractivity contribution in [2.24, 2.45) is 5.92 Å². The van der Waals surface area contributed by atoms with E-state index in [-0.39, 0.29) is 11.9 Å². The number of allylic oxidation sites excluding steroid dienone is 1. The zero-order chi connectivity index (χ0) is 15.2. The minimum atomic E-state index is -0.509. The summed E-state index contributed by atoms with van der Waals surface area (Å²) in [6.07, 6.45) is 6.49. The zero-order valence-corrected chi connectivity index (χ0v) is 12.8. The molecule has 4 nitrogen and oxygen atoms in total. The molecule has 1 rings (SSSR count). The highest BCUT2D eigenvalue weighted by Crippen LogP contribution is 2.39. The molecule has 0 N–H and O–H groups in total. The minimum absolute atomic E-state index is 0.238. The maximum atomic E-state index is 12.3. The van der Waals surface area contributed by atoms with Crippen LogP contribution in [0.4, 0.5) is 0 Å². The molecule has 1 aliphatic rings. The van der Waals surface area contributed by atoms with E-state index in [9.17, 15) is 9.59 Å². The molecule has 1 saturated carbocycles. The van der Waals surface area contributed by atoms with Crippen molar-refractivity contribution in [2.45, 2.75) is 70.5 Å². The molecular weight excluding hydrogens is 256 g/mol. The molecule has 1 fully saturated rings. The van der Waals surface area contributed by atoms with Crippen molar-refractivity contribution >= 4 is 12.4 Å². The molecule has 0 saturated heterocycles. The maximum Gasteiger partial charge on any atom is 0.309 e. The number of rotatable bonds is 7. The van der Waals surface area contributed by atoms with E-state index in [2.05, 4.69) is 6.58 Å². The highest BCUT2D eigenvalue weighted by Gasteiger charge is 2.40. The van der Waals surface area contributed by atoms with Crippen molar-refractivity contribution in [1.82, 2.24) is 0 Å². The fourth-order valence-corrected chi connectivity index (χ4v) is 2.79. The van der Waals surface area contributed by atoms with Gasteiger partial charge in [0.2, 0.25) is 0 Å². The second-order valence-electron chi connectivity index (χ2n) is 6.56. The molecule has 20 heavy (non-hydrogen) atoms. The van der Waals surface area contributed by atoms with E-state index in [1.165, 1.54) is 0 Å². The molecule has 0 aromatic carbocycles. The topological polar surface area (TPSA) is 52.6 Å². The van der Waals surface area contributed by atoms with Crippen LogP contribution < -0.4 is 0 Å². The molecular formula is C16H26O4. The lowest BCUT2D eigenvalue weighted by Gasteiger charge is -2.31. The van der Waals surface area contributed by atoms with Gasteiger partial charge in [0.05, 0.1) is 5.92 Å². The molecule has 0 spiro atoms. The fourth-order valence-electron chi connectivity index (χ4n) is 2.79. The van der Waals surface area contributed by atoms with Crippen LogP contribution in [0.5, 0.6) is 0 Å². The molecule has 0 amide bonds. The van der Waals surface area contributed by atoms with Gasteiger partial charge in [0.15, 0.2) is 0 Å². The smallest absolute Gasteiger partial charge is 0.309 e. The summed E-state index contributed by atoms with van der Waals surface area (Å²) in [5.41, 5.74) is -1.00. The van der Waals surface area contributed by atoms with Gasteiger partial charge in [0.1, 0.15) is 11.2 Å². The number of hydrogen-bond donors (Lipinski definition) is 0. The number of carbonyl (C=O) groups excluding carboxylic acids is 2. The van der Waals surface area contributed by atoms with Gasteiger partial charge in [-0.05, 0) is 52.9 Å². The first-order valence-corrected chi connectivity index (χ1v) is 7.27. The molecule has 4 heteroatoms. The highest BCUT2D eigenvalue weighted by molar-refractivity contribution is 5.73. The number of hydrogen-bond acceptors (Lipinski definition) is 4. The van der Waals surface area contributed by atoms with Crippen molar-refractivity contribution in [1.29, 1.82) is 0 Å². The van der Waals surface area contributed by atoms with E-state index >= 15 is 0 Å². The lowest BCUT2D eigenvalue weighted by atomic mass is 9.87. The van der Waals surface area contributed by atoms with Crippen LogP contribution in [0.25, 0.3) is 0 Å². The van der Waals surface area contributed by atoms with E-state index in [0.29, 0.717) is 19.3 Å². The average Bonchev–Trinajstić information content (AvgIpc) is 2.75. The predicted octanol–water partition coefficient (Wildman–Crippen LogP) is 3.40. The molecule has 0 aromatic rings. The minimum Gasteiger partial charge on any atom is -0.461 e. The predicted molar refractivity (Wildman–Crippen MR) is 77.1 cm³/mol. The van der Waals surface area contributed by atoms with Crippen molar-refractivity contribution in [2.75, 3.05) is 0 Å². The molecule has 1 atom stereocenters. The largest absolute Gasteiger partial charge is 0.461 e. The van der Waals surface area contributed by atoms with E-state index in [1.807, 2.05) is 20.8 Å². The second-order valence-corrected chi connectivity index (χ2v) is 6.56. The summed E-state index contributed by atoms with van der Waals surface area (Å²) in [6, 6.07) is 0. The molecule has 0 radical (unpaired) electrons. The second kappa shape index (κ2) is 6.91. The Labute approximate surface area is 121 Å². The first kappa shape index (κ1) is 16.7. The third kappa shape index (κ3) is 4.99. The Bertz CT molecular complexity index is 348. The fraction of sp³-hybridized carbons (Fsp3) is 0.750. The standard InChI is InChI=1S/C16H26O4/c1-5-8-13(14(18)20-15(2,3)4)11-16(19-12-17)9-6-7-10-16/h5,12-13H,1,6-11H2,2-4H3. The Kier molecular flexibility index (Phi) is 5.78. The molecule has 1 unspecified atom stereocenters. The lowest BCUT2D eigenvalue weighted by molar-refractivity contribution is -0.165. The van der Waals surface area contributed by atoms with Gasteiger partial charge in [-0.25, -0.2) is 0 Å². The van der Waals surface area contributed by atoms with E-state index in [0.717, 1.165) is 25.7 Å². The SMILES string of the molecule is C=CCC(CC1(OC=O)CCCC1)C(=O)OC(C)(C)C. The summed E-state index contributed by atoms with van der Waals surface area (Å²) in [6.45, 7) is 9.76. The van der Waals surface area contributed by atoms with Crippen LogP contribution in [-0.2, 0) is 19.1 Å². The third-order valence-corrected chi connectivity index (χ3v) is 3.62. The van der Waals surface area contributed by atoms with Crippen molar-refractivity contribution in [3.05, 3.63) is 12.7 Å². The Morgan fingerprint density at radius 2 is 1.95 bits per heavy atom. The van der Waals surface area contributed by atoms with Gasteiger partial charge in [0, 0.05) is 6.42 Å². The molecule has 1 aliphatic carbocycles. The molecule has 114 valence electrons. The Balaban J connectivity index is 2.76.